The van der Waals surface area contributed by atoms with Crippen LogP contribution in [0.4, 0.5) is 4.79 Å². The fraction of sp³-hybridized carbons (Fsp3) is 0.556. The summed E-state index contributed by atoms with van der Waals surface area (Å²) in [6.45, 7) is 7.36. The van der Waals surface area contributed by atoms with Gasteiger partial charge in [-0.2, -0.15) is 5.26 Å². The highest BCUT2D eigenvalue weighted by Gasteiger charge is 2.30. The molecule has 1 aromatic carbocycles. The first-order valence-electron chi connectivity index (χ1n) is 8.01. The van der Waals surface area contributed by atoms with Crippen LogP contribution in [0.15, 0.2) is 18.2 Å². The molecule has 0 radical (unpaired) electrons. The third-order valence-corrected chi connectivity index (χ3v) is 3.70. The Bertz CT molecular complexity index is 631. The number of ether oxygens (including phenoxy) is 3. The Morgan fingerprint density at radius 1 is 1.38 bits per heavy atom. The predicted octanol–water partition coefficient (Wildman–Crippen LogP) is 3.20. The maximum Gasteiger partial charge on any atom is 0.410 e. The quantitative estimate of drug-likeness (QED) is 0.846. The van der Waals surface area contributed by atoms with Crippen LogP contribution in [0.2, 0.25) is 0 Å². The SMILES string of the molecule is COc1cc(C#N)ccc1OC[C@@H]1CCN(C(=O)OC(C)(C)C)C1. The molecule has 24 heavy (non-hydrogen) atoms. The zero-order valence-corrected chi connectivity index (χ0v) is 14.7. The van der Waals surface area contributed by atoms with E-state index in [0.29, 0.717) is 36.8 Å². The minimum absolute atomic E-state index is 0.248. The summed E-state index contributed by atoms with van der Waals surface area (Å²) in [6, 6.07) is 7.15. The Labute approximate surface area is 142 Å². The number of carbonyl (C=O) groups is 1. The molecule has 6 heteroatoms. The van der Waals surface area contributed by atoms with Crippen molar-refractivity contribution < 1.29 is 19.0 Å². The summed E-state index contributed by atoms with van der Waals surface area (Å²) >= 11 is 0. The molecule has 1 heterocycles. The van der Waals surface area contributed by atoms with E-state index in [2.05, 4.69) is 6.07 Å². The highest BCUT2D eigenvalue weighted by molar-refractivity contribution is 5.68. The molecule has 1 amide bonds. The molecule has 0 N–H and O–H groups in total. The minimum atomic E-state index is -0.485. The second-order valence-electron chi connectivity index (χ2n) is 6.87. The molecule has 2 rings (SSSR count). The third-order valence-electron chi connectivity index (χ3n) is 3.70. The molecule has 1 aliphatic heterocycles. The number of nitriles is 1. The summed E-state index contributed by atoms with van der Waals surface area (Å²) in [5.74, 6) is 1.39. The molecule has 0 unspecified atom stereocenters. The van der Waals surface area contributed by atoms with E-state index in [-0.39, 0.29) is 12.0 Å². The lowest BCUT2D eigenvalue weighted by Crippen LogP contribution is -2.35. The fourth-order valence-corrected chi connectivity index (χ4v) is 2.53. The number of rotatable bonds is 4. The maximum absolute atomic E-state index is 12.1. The molecule has 0 aromatic heterocycles. The van der Waals surface area contributed by atoms with Crippen molar-refractivity contribution in [2.45, 2.75) is 32.8 Å². The standard InChI is InChI=1S/C18H24N2O4/c1-18(2,3)24-17(21)20-8-7-14(11-20)12-23-15-6-5-13(10-19)9-16(15)22-4/h5-6,9,14H,7-8,11-12H2,1-4H3/t14-/m1/s1. The summed E-state index contributed by atoms with van der Waals surface area (Å²) in [5.41, 5.74) is 0.0396. The summed E-state index contributed by atoms with van der Waals surface area (Å²) in [4.78, 5) is 13.8. The lowest BCUT2D eigenvalue weighted by molar-refractivity contribution is 0.0284. The fourth-order valence-electron chi connectivity index (χ4n) is 2.53. The van der Waals surface area contributed by atoms with Gasteiger partial charge in [0.2, 0.25) is 0 Å². The second kappa shape index (κ2) is 7.43. The largest absolute Gasteiger partial charge is 0.493 e. The van der Waals surface area contributed by atoms with Crippen molar-refractivity contribution in [3.63, 3.8) is 0 Å². The Balaban J connectivity index is 1.88. The monoisotopic (exact) mass is 332 g/mol. The van der Waals surface area contributed by atoms with Gasteiger partial charge in [0, 0.05) is 25.1 Å². The van der Waals surface area contributed by atoms with Crippen LogP contribution in [-0.4, -0.2) is 43.4 Å². The molecule has 130 valence electrons. The smallest absolute Gasteiger partial charge is 0.410 e. The van der Waals surface area contributed by atoms with Gasteiger partial charge in [-0.1, -0.05) is 0 Å². The highest BCUT2D eigenvalue weighted by Crippen LogP contribution is 2.29. The number of hydrogen-bond acceptors (Lipinski definition) is 5. The van der Waals surface area contributed by atoms with Crippen LogP contribution in [0.5, 0.6) is 11.5 Å². The van der Waals surface area contributed by atoms with Gasteiger partial charge in [0.15, 0.2) is 11.5 Å². The van der Waals surface area contributed by atoms with Gasteiger partial charge in [0.1, 0.15) is 5.60 Å². The first kappa shape index (κ1) is 17.9. The van der Waals surface area contributed by atoms with Crippen molar-refractivity contribution in [1.82, 2.24) is 4.90 Å². The number of hydrogen-bond donors (Lipinski definition) is 0. The number of methoxy groups -OCH3 is 1. The topological polar surface area (TPSA) is 71.8 Å². The molecule has 0 aliphatic carbocycles. The summed E-state index contributed by atoms with van der Waals surface area (Å²) in [5, 5.41) is 8.92. The van der Waals surface area contributed by atoms with Gasteiger partial charge >= 0.3 is 6.09 Å². The summed E-state index contributed by atoms with van der Waals surface area (Å²) in [7, 11) is 1.54. The van der Waals surface area contributed by atoms with E-state index in [4.69, 9.17) is 19.5 Å². The number of nitrogens with zero attached hydrogens (tertiary/aromatic N) is 2. The zero-order valence-electron chi connectivity index (χ0n) is 14.7. The van der Waals surface area contributed by atoms with Crippen LogP contribution >= 0.6 is 0 Å². The van der Waals surface area contributed by atoms with E-state index in [0.717, 1.165) is 6.42 Å². The third kappa shape index (κ3) is 4.79. The van der Waals surface area contributed by atoms with Crippen molar-refractivity contribution in [3.8, 4) is 17.6 Å². The first-order chi connectivity index (χ1) is 11.3. The molecule has 0 saturated carbocycles. The Morgan fingerprint density at radius 3 is 2.75 bits per heavy atom. The van der Waals surface area contributed by atoms with E-state index >= 15 is 0 Å². The Hall–Kier alpha value is -2.42. The van der Waals surface area contributed by atoms with E-state index < -0.39 is 5.60 Å². The van der Waals surface area contributed by atoms with Crippen molar-refractivity contribution in [2.75, 3.05) is 26.8 Å². The van der Waals surface area contributed by atoms with E-state index in [1.807, 2.05) is 20.8 Å². The first-order valence-corrected chi connectivity index (χ1v) is 8.01. The van der Waals surface area contributed by atoms with Crippen LogP contribution < -0.4 is 9.47 Å². The van der Waals surface area contributed by atoms with Crippen molar-refractivity contribution >= 4 is 6.09 Å². The van der Waals surface area contributed by atoms with Gasteiger partial charge in [-0.05, 0) is 39.3 Å². The Kier molecular flexibility index (Phi) is 5.55. The highest BCUT2D eigenvalue weighted by atomic mass is 16.6. The van der Waals surface area contributed by atoms with Gasteiger partial charge in [-0.25, -0.2) is 4.79 Å². The number of benzene rings is 1. The molecule has 0 spiro atoms. The lowest BCUT2D eigenvalue weighted by atomic mass is 10.1. The molecule has 1 saturated heterocycles. The molecule has 1 fully saturated rings. The van der Waals surface area contributed by atoms with Gasteiger partial charge in [0.25, 0.3) is 0 Å². The maximum atomic E-state index is 12.1. The predicted molar refractivity (Wildman–Crippen MR) is 89.1 cm³/mol. The van der Waals surface area contributed by atoms with Crippen LogP contribution in [0.3, 0.4) is 0 Å². The van der Waals surface area contributed by atoms with Crippen molar-refractivity contribution in [2.24, 2.45) is 5.92 Å². The van der Waals surface area contributed by atoms with Gasteiger partial charge < -0.3 is 19.1 Å². The molecule has 1 aliphatic rings. The minimum Gasteiger partial charge on any atom is -0.493 e. The molecular formula is C18H24N2O4. The molecule has 0 bridgehead atoms. The van der Waals surface area contributed by atoms with Crippen LogP contribution in [-0.2, 0) is 4.74 Å². The van der Waals surface area contributed by atoms with Gasteiger partial charge in [-0.15, -0.1) is 0 Å². The van der Waals surface area contributed by atoms with Crippen molar-refractivity contribution in [1.29, 1.82) is 5.26 Å². The number of carbonyl (C=O) groups excluding carboxylic acids is 1. The molecule has 1 aromatic rings. The van der Waals surface area contributed by atoms with Crippen molar-refractivity contribution in [3.05, 3.63) is 23.8 Å². The zero-order chi connectivity index (χ0) is 17.7. The molecule has 1 atom stereocenters. The lowest BCUT2D eigenvalue weighted by Gasteiger charge is -2.24. The molecular weight excluding hydrogens is 308 g/mol. The molecule has 6 nitrogen and oxygen atoms in total. The van der Waals surface area contributed by atoms with Crippen LogP contribution in [0.25, 0.3) is 0 Å². The van der Waals surface area contributed by atoms with Gasteiger partial charge in [0.05, 0.1) is 25.3 Å². The van der Waals surface area contributed by atoms with E-state index in [9.17, 15) is 4.79 Å². The summed E-state index contributed by atoms with van der Waals surface area (Å²) < 4.78 is 16.5. The Morgan fingerprint density at radius 2 is 2.12 bits per heavy atom. The normalized spacial score (nSPS) is 17.3. The van der Waals surface area contributed by atoms with Gasteiger partial charge in [-0.3, -0.25) is 0 Å². The van der Waals surface area contributed by atoms with E-state index in [1.165, 1.54) is 0 Å². The van der Waals surface area contributed by atoms with E-state index in [1.54, 1.807) is 30.2 Å². The van der Waals surface area contributed by atoms with Crippen LogP contribution in [0.1, 0.15) is 32.8 Å². The van der Waals surface area contributed by atoms with Crippen LogP contribution in [0, 0.1) is 17.2 Å². The summed E-state index contributed by atoms with van der Waals surface area (Å²) in [6.07, 6.45) is 0.596. The average molecular weight is 332 g/mol. The number of amides is 1. The second-order valence-corrected chi connectivity index (χ2v) is 6.87. The number of likely N-dealkylation sites (tertiary alicyclic amines) is 1. The average Bonchev–Trinajstić information content (AvgIpc) is 3.00.